The van der Waals surface area contributed by atoms with Crippen molar-refractivity contribution in [3.63, 3.8) is 0 Å². The predicted octanol–water partition coefficient (Wildman–Crippen LogP) is 12.7. The number of carbonyl (C=O) groups is 5. The number of hydrogen-bond acceptors (Lipinski definition) is 16. The van der Waals surface area contributed by atoms with Crippen LogP contribution in [0.15, 0.2) is 183 Å². The molecule has 0 spiro atoms. The molecular weight excluding hydrogens is 1490 g/mol. The number of nitrogens with one attached hydrogen (secondary N) is 5. The topological polar surface area (TPSA) is 321 Å². The van der Waals surface area contributed by atoms with Gasteiger partial charge < -0.3 is 50.9 Å². The van der Waals surface area contributed by atoms with Crippen LogP contribution in [0.5, 0.6) is 0 Å². The van der Waals surface area contributed by atoms with E-state index < -0.39 is 55.0 Å². The van der Waals surface area contributed by atoms with Crippen LogP contribution in [0.2, 0.25) is 0 Å². The van der Waals surface area contributed by atoms with Crippen LogP contribution in [0.4, 0.5) is 38.9 Å². The standard InChI is InChI=1S/C86H108N14O12S2/c1-9-96(10-2)65-38-42-71-77(57-65)100(64-27-18-13-19-28-64)76-56-62(35-41-70(76)90-71)94-93-61-33-36-63(37-34-61)95(8)49-24-32-81(102)87-46-45-72(91-83(104)73(55-60-25-16-12-17-26-60)92-84(105)97-51-53-112-54-52-97)82(103)89-48-47-88-80(101)31-22-15-23-50-99-75-44-40-67(114(109,110)111)59-69(75)86(6,7)79(99)30-21-14-20-29-78-85(4,5)68-58-66(113(106,107)108)39-43-74(68)98(78)11-3/h13-14,18-21,27-30,33-44,56-60,72-73H,9-12,15-17,22-26,31-32,45-55H2,1-8H3,(H5-2,87,88,89,91,92,101,102,103,104,105,106,107,108,109,110,111)/p+2/t72-,73-/m0/s1. The molecule has 114 heavy (non-hydrogen) atoms. The maximum atomic E-state index is 14.4. The summed E-state index contributed by atoms with van der Waals surface area (Å²) in [4.78, 5) is 81.9. The third-order valence-electron chi connectivity index (χ3n) is 22.2. The van der Waals surface area contributed by atoms with Crippen LogP contribution in [-0.2, 0) is 55.0 Å². The van der Waals surface area contributed by atoms with Gasteiger partial charge >= 0.3 is 6.03 Å². The van der Waals surface area contributed by atoms with Gasteiger partial charge in [-0.1, -0.05) is 82.4 Å². The van der Waals surface area contributed by atoms with E-state index in [-0.39, 0.29) is 72.5 Å². The Morgan fingerprint density at radius 2 is 1.28 bits per heavy atom. The summed E-state index contributed by atoms with van der Waals surface area (Å²) >= 11 is 0. The van der Waals surface area contributed by atoms with Crippen LogP contribution in [0.3, 0.4) is 0 Å². The molecule has 0 radical (unpaired) electrons. The number of allylic oxidation sites excluding steroid dienone is 6. The highest BCUT2D eigenvalue weighted by atomic mass is 32.2. The molecule has 606 valence electrons. The molecule has 0 unspecified atom stereocenters. The zero-order valence-electron chi connectivity index (χ0n) is 66.7. The summed E-state index contributed by atoms with van der Waals surface area (Å²) in [6.45, 7) is 19.5. The first-order valence-electron chi connectivity index (χ1n) is 40.0. The largest absolute Gasteiger partial charge is 0.378 e. The van der Waals surface area contributed by atoms with E-state index in [0.717, 1.165) is 118 Å². The average molecular weight is 1600 g/mol. The molecule has 2 atom stereocenters. The molecule has 28 heteroatoms. The molecule has 11 rings (SSSR count). The Bertz CT molecular complexity index is 5030. The van der Waals surface area contributed by atoms with Crippen molar-refractivity contribution in [3.05, 3.63) is 175 Å². The molecule has 4 aliphatic rings. The lowest BCUT2D eigenvalue weighted by molar-refractivity contribution is -0.538. The van der Waals surface area contributed by atoms with Crippen molar-refractivity contribution < 1.29 is 63.8 Å². The first-order valence-corrected chi connectivity index (χ1v) is 42.8. The van der Waals surface area contributed by atoms with E-state index in [9.17, 15) is 49.9 Å². The Kier molecular flexibility index (Phi) is 28.4. The predicted molar refractivity (Wildman–Crippen MR) is 445 cm³/mol. The number of morpholine rings is 1. The molecule has 1 saturated heterocycles. The van der Waals surface area contributed by atoms with Crippen molar-refractivity contribution in [3.8, 4) is 5.69 Å². The molecule has 26 nitrogen and oxygen atoms in total. The smallest absolute Gasteiger partial charge is 0.318 e. The van der Waals surface area contributed by atoms with Gasteiger partial charge in [0.1, 0.15) is 29.7 Å². The molecule has 7 aromatic rings. The molecule has 4 heterocycles. The molecule has 6 amide bonds. The summed E-state index contributed by atoms with van der Waals surface area (Å²) in [6, 6.07) is 37.1. The van der Waals surface area contributed by atoms with E-state index >= 15 is 0 Å². The van der Waals surface area contributed by atoms with Crippen molar-refractivity contribution in [2.75, 3.05) is 100 Å². The fourth-order valence-electron chi connectivity index (χ4n) is 15.9. The normalized spacial score (nSPS) is 16.6. The summed E-state index contributed by atoms with van der Waals surface area (Å²) in [6.07, 6.45) is 17.9. The molecule has 0 bridgehead atoms. The zero-order valence-corrected chi connectivity index (χ0v) is 68.4. The second kappa shape index (κ2) is 38.3. The van der Waals surface area contributed by atoms with E-state index in [1.165, 1.54) is 24.3 Å². The second-order valence-electron chi connectivity index (χ2n) is 30.7. The lowest BCUT2D eigenvalue weighted by Gasteiger charge is -2.31. The Labute approximate surface area is 669 Å². The van der Waals surface area contributed by atoms with Gasteiger partial charge in [0, 0.05) is 155 Å². The van der Waals surface area contributed by atoms with Gasteiger partial charge in [-0.25, -0.2) is 9.78 Å². The number of rotatable bonds is 35. The number of unbranched alkanes of at least 4 members (excludes halogenated alkanes) is 2. The quantitative estimate of drug-likeness (QED) is 0.00485. The molecule has 3 aliphatic heterocycles. The van der Waals surface area contributed by atoms with Crippen molar-refractivity contribution in [1.29, 1.82) is 0 Å². The van der Waals surface area contributed by atoms with Crippen molar-refractivity contribution >= 4 is 112 Å². The lowest BCUT2D eigenvalue weighted by atomic mass is 9.81. The number of amides is 6. The van der Waals surface area contributed by atoms with E-state index in [4.69, 9.17) is 9.72 Å². The minimum Gasteiger partial charge on any atom is -0.378 e. The minimum absolute atomic E-state index is 0.0461. The van der Waals surface area contributed by atoms with Crippen LogP contribution in [-0.4, -0.2) is 174 Å². The van der Waals surface area contributed by atoms with Gasteiger partial charge in [-0.05, 0) is 163 Å². The van der Waals surface area contributed by atoms with E-state index in [2.05, 4.69) is 105 Å². The van der Waals surface area contributed by atoms with Crippen molar-refractivity contribution in [2.45, 2.75) is 165 Å². The van der Waals surface area contributed by atoms with E-state index in [0.29, 0.717) is 89.4 Å². The Morgan fingerprint density at radius 1 is 0.649 bits per heavy atom. The number of anilines is 3. The van der Waals surface area contributed by atoms with E-state index in [1.54, 1.807) is 17.0 Å². The minimum atomic E-state index is -4.51. The summed E-state index contributed by atoms with van der Waals surface area (Å²) in [5.74, 6) is -1.25. The fourth-order valence-corrected chi connectivity index (χ4v) is 16.9. The van der Waals surface area contributed by atoms with Gasteiger partial charge in [-0.15, -0.1) is 4.57 Å². The van der Waals surface area contributed by atoms with Gasteiger partial charge in [0.05, 0.1) is 39.8 Å². The molecule has 7 N–H and O–H groups in total. The lowest BCUT2D eigenvalue weighted by Crippen LogP contribution is -2.57. The maximum Gasteiger partial charge on any atom is 0.318 e. The highest BCUT2D eigenvalue weighted by Gasteiger charge is 2.45. The number of hydrogen-bond donors (Lipinski definition) is 7. The van der Waals surface area contributed by atoms with Gasteiger partial charge in [0.15, 0.2) is 5.71 Å². The molecule has 6 aromatic carbocycles. The number of nitrogens with zero attached hydrogens (tertiary/aromatic N) is 9. The number of azo groups is 1. The number of aromatic nitrogens is 2. The molecular formula is C86H110N14O12S2+2. The molecule has 2 fully saturated rings. The van der Waals surface area contributed by atoms with Gasteiger partial charge in [0.25, 0.3) is 20.2 Å². The molecule has 1 aromatic heterocycles. The first-order chi connectivity index (χ1) is 54.7. The van der Waals surface area contributed by atoms with Crippen molar-refractivity contribution in [1.82, 2.24) is 36.5 Å². The average Bonchev–Trinajstić information content (AvgIpc) is 1.66. The summed E-state index contributed by atoms with van der Waals surface area (Å²) < 4.78 is 78.6. The number of para-hydroxylation sites is 1. The van der Waals surface area contributed by atoms with Gasteiger partial charge in [-0.2, -0.15) is 31.6 Å². The number of likely N-dealkylation sites (N-methyl/N-ethyl adjacent to an activating group) is 1. The first kappa shape index (κ1) is 84.6. The number of benzene rings is 6. The van der Waals surface area contributed by atoms with Gasteiger partial charge in [0.2, 0.25) is 46.0 Å². The monoisotopic (exact) mass is 1590 g/mol. The molecule has 1 aliphatic carbocycles. The van der Waals surface area contributed by atoms with Crippen LogP contribution < -0.4 is 45.9 Å². The Morgan fingerprint density at radius 3 is 1.97 bits per heavy atom. The molecule has 1 saturated carbocycles. The summed E-state index contributed by atoms with van der Waals surface area (Å²) in [7, 11) is -6.96. The van der Waals surface area contributed by atoms with Crippen LogP contribution in [0.25, 0.3) is 27.8 Å². The second-order valence-corrected chi connectivity index (χ2v) is 33.5. The van der Waals surface area contributed by atoms with Crippen LogP contribution in [0.1, 0.15) is 143 Å². The SMILES string of the molecule is CCN(CC)c1ccc2nc3ccc(N=Nc4ccc(N(C)CCCC(=O)NCC[C@H](NC(=O)[C@H](CC5CCCCC5)NC(=O)N5CCOCC5)C(=O)NCCNC(=O)CCCCC[N+]5=C(C=CC=CC=C6N(CC)c7ccc(S(=O)(=O)O)cc7C6(C)C)C(C)(C)c6cc(S(=O)(=O)O)ccc65)cc4)cc3[n+](-c3ccccc3)c2c1. The number of ether oxygens (including phenoxy) is 1. The fraction of sp³-hybridized carbons (Fsp3) is 0.442. The zero-order chi connectivity index (χ0) is 81.3. The number of fused-ring (bicyclic) bond motifs is 4. The van der Waals surface area contributed by atoms with Gasteiger partial charge in [-0.3, -0.25) is 28.3 Å². The van der Waals surface area contributed by atoms with Crippen molar-refractivity contribution in [2.24, 2.45) is 16.1 Å². The number of urea groups is 1. The Hall–Kier alpha value is -10.3. The third kappa shape index (κ3) is 21.0. The third-order valence-corrected chi connectivity index (χ3v) is 23.9. The van der Waals surface area contributed by atoms with Crippen LogP contribution >= 0.6 is 0 Å². The van der Waals surface area contributed by atoms with Crippen LogP contribution in [0, 0.1) is 5.92 Å². The summed E-state index contributed by atoms with van der Waals surface area (Å²) in [5.41, 5.74) is 11.7. The van der Waals surface area contributed by atoms with E-state index in [1.807, 2.05) is 133 Å². The highest BCUT2D eigenvalue weighted by molar-refractivity contribution is 7.86. The summed E-state index contributed by atoms with van der Waals surface area (Å²) in [5, 5.41) is 23.9. The maximum absolute atomic E-state index is 14.4. The number of carbonyl (C=O) groups excluding carboxylic acids is 5. The Balaban J connectivity index is 0.676. The highest BCUT2D eigenvalue weighted by Crippen LogP contribution is 2.49.